The molecular weight excluding hydrogens is 239 g/mol. The average molecular weight is 247 g/mol. The first-order valence-electron chi connectivity index (χ1n) is 3.30. The molecule has 0 aromatic carbocycles. The molecule has 5 N–H and O–H groups in total. The molecule has 80 valence electrons. The third-order valence-electron chi connectivity index (χ3n) is 1.48. The summed E-state index contributed by atoms with van der Waals surface area (Å²) in [5.41, 5.74) is -3.22. The molecule has 9 heteroatoms. The predicted octanol–water partition coefficient (Wildman–Crippen LogP) is -5.27. The second-order valence-corrected chi connectivity index (χ2v) is 2.54. The van der Waals surface area contributed by atoms with Crippen LogP contribution in [-0.4, -0.2) is 55.1 Å². The van der Waals surface area contributed by atoms with Crippen molar-refractivity contribution in [2.45, 2.75) is 18.1 Å². The van der Waals surface area contributed by atoms with Gasteiger partial charge in [0.1, 0.15) is 0 Å². The number of carboxylic acid groups (broad SMARTS) is 3. The van der Waals surface area contributed by atoms with E-state index in [4.69, 9.17) is 25.5 Å². The van der Waals surface area contributed by atoms with Crippen LogP contribution in [0.15, 0.2) is 0 Å². The van der Waals surface area contributed by atoms with Gasteiger partial charge in [-0.2, -0.15) is 0 Å². The van der Waals surface area contributed by atoms with Gasteiger partial charge in [0.05, 0.1) is 6.42 Å². The molecule has 0 aliphatic carbocycles. The second kappa shape index (κ2) is 6.53. The Bertz CT molecular complexity index is 276. The van der Waals surface area contributed by atoms with E-state index in [1.54, 1.807) is 0 Å². The molecule has 15 heavy (non-hydrogen) atoms. The van der Waals surface area contributed by atoms with Gasteiger partial charge >= 0.3 is 69.3 Å². The van der Waals surface area contributed by atoms with E-state index in [0.717, 1.165) is 0 Å². The Kier molecular flexibility index (Phi) is 7.56. The molecule has 0 bridgehead atoms. The van der Waals surface area contributed by atoms with Crippen molar-refractivity contribution in [2.75, 3.05) is 0 Å². The SMILES string of the molecule is O=C(O)CC(O)(C(=O)O)C(O)C(=O)O.[K+]. The zero-order valence-electron chi connectivity index (χ0n) is 7.75. The fraction of sp³-hybridized carbons (Fsp3) is 0.500. The molecule has 8 nitrogen and oxygen atoms in total. The number of hydrogen-bond acceptors (Lipinski definition) is 5. The largest absolute Gasteiger partial charge is 1.00 e. The summed E-state index contributed by atoms with van der Waals surface area (Å²) in [6.45, 7) is 0. The molecule has 0 saturated heterocycles. The molecule has 0 fully saturated rings. The smallest absolute Gasteiger partial charge is 0.481 e. The van der Waals surface area contributed by atoms with Gasteiger partial charge in [-0.1, -0.05) is 0 Å². The van der Waals surface area contributed by atoms with Crippen LogP contribution in [0.5, 0.6) is 0 Å². The van der Waals surface area contributed by atoms with Gasteiger partial charge in [0.2, 0.25) is 5.60 Å². The van der Waals surface area contributed by atoms with E-state index in [0.29, 0.717) is 0 Å². The second-order valence-electron chi connectivity index (χ2n) is 2.54. The first kappa shape index (κ1) is 17.4. The van der Waals surface area contributed by atoms with Crippen molar-refractivity contribution in [3.05, 3.63) is 0 Å². The van der Waals surface area contributed by atoms with E-state index in [9.17, 15) is 14.4 Å². The van der Waals surface area contributed by atoms with Crippen LogP contribution in [0.4, 0.5) is 0 Å². The zero-order chi connectivity index (χ0) is 11.5. The number of hydrogen-bond donors (Lipinski definition) is 5. The molecular formula is C6H8KO8+. The van der Waals surface area contributed by atoms with Gasteiger partial charge in [-0.3, -0.25) is 4.79 Å². The van der Waals surface area contributed by atoms with Gasteiger partial charge < -0.3 is 25.5 Å². The maximum absolute atomic E-state index is 10.4. The Balaban J connectivity index is 0. The molecule has 0 amide bonds. The maximum atomic E-state index is 10.4. The van der Waals surface area contributed by atoms with Crippen molar-refractivity contribution in [1.29, 1.82) is 0 Å². The van der Waals surface area contributed by atoms with Gasteiger partial charge in [0.25, 0.3) is 0 Å². The topological polar surface area (TPSA) is 152 Å². The van der Waals surface area contributed by atoms with Crippen molar-refractivity contribution >= 4 is 17.9 Å². The van der Waals surface area contributed by atoms with Crippen molar-refractivity contribution in [1.82, 2.24) is 0 Å². The Morgan fingerprint density at radius 1 is 1.13 bits per heavy atom. The summed E-state index contributed by atoms with van der Waals surface area (Å²) in [5, 5.41) is 42.6. The predicted molar refractivity (Wildman–Crippen MR) is 38.5 cm³/mol. The number of aliphatic hydroxyl groups is 2. The third-order valence-corrected chi connectivity index (χ3v) is 1.48. The minimum absolute atomic E-state index is 0. The molecule has 0 aromatic rings. The van der Waals surface area contributed by atoms with E-state index in [1.165, 1.54) is 0 Å². The molecule has 2 atom stereocenters. The average Bonchev–Trinajstić information content (AvgIpc) is 2.00. The summed E-state index contributed by atoms with van der Waals surface area (Å²) in [6.07, 6.45) is -4.11. The van der Waals surface area contributed by atoms with E-state index in [-0.39, 0.29) is 51.4 Å². The summed E-state index contributed by atoms with van der Waals surface area (Å²) < 4.78 is 0. The van der Waals surface area contributed by atoms with Gasteiger partial charge in [-0.05, 0) is 0 Å². The van der Waals surface area contributed by atoms with Crippen molar-refractivity contribution < 1.29 is 91.3 Å². The van der Waals surface area contributed by atoms with Crippen LogP contribution in [0.1, 0.15) is 6.42 Å². The summed E-state index contributed by atoms with van der Waals surface area (Å²) in [6, 6.07) is 0. The van der Waals surface area contributed by atoms with Crippen LogP contribution in [0, 0.1) is 0 Å². The molecule has 0 spiro atoms. The third kappa shape index (κ3) is 4.55. The van der Waals surface area contributed by atoms with E-state index >= 15 is 0 Å². The van der Waals surface area contributed by atoms with Gasteiger partial charge in [-0.15, -0.1) is 0 Å². The maximum Gasteiger partial charge on any atom is 1.00 e. The van der Waals surface area contributed by atoms with Crippen LogP contribution in [0.2, 0.25) is 0 Å². The number of aliphatic carboxylic acids is 3. The monoisotopic (exact) mass is 247 g/mol. The number of carboxylic acids is 3. The normalized spacial score (nSPS) is 15.6. The van der Waals surface area contributed by atoms with E-state index in [2.05, 4.69) is 0 Å². The standard InChI is InChI=1S/C6H8O8.K/c7-2(8)1-6(14,5(12)13)3(9)4(10)11;/h3,9,14H,1H2,(H,7,8)(H,10,11)(H,12,13);/q;+1. The Hall–Kier alpha value is -0.0336. The Morgan fingerprint density at radius 3 is 1.73 bits per heavy atom. The fourth-order valence-electron chi connectivity index (χ4n) is 0.724. The van der Waals surface area contributed by atoms with Gasteiger partial charge in [0.15, 0.2) is 6.10 Å². The van der Waals surface area contributed by atoms with Crippen molar-refractivity contribution in [3.8, 4) is 0 Å². The molecule has 2 unspecified atom stereocenters. The summed E-state index contributed by atoms with van der Waals surface area (Å²) in [5.74, 6) is -5.87. The van der Waals surface area contributed by atoms with Gasteiger partial charge in [-0.25, -0.2) is 9.59 Å². The number of carbonyl (C=O) groups is 3. The summed E-state index contributed by atoms with van der Waals surface area (Å²) in [4.78, 5) is 30.7. The zero-order valence-corrected chi connectivity index (χ0v) is 10.9. The molecule has 0 saturated carbocycles. The first-order chi connectivity index (χ1) is 6.21. The van der Waals surface area contributed by atoms with Gasteiger partial charge in [0, 0.05) is 0 Å². The molecule has 0 aliphatic rings. The van der Waals surface area contributed by atoms with Crippen LogP contribution < -0.4 is 51.4 Å². The minimum Gasteiger partial charge on any atom is -0.481 e. The van der Waals surface area contributed by atoms with Crippen LogP contribution >= 0.6 is 0 Å². The molecule has 0 rings (SSSR count). The number of aliphatic hydroxyl groups excluding tert-OH is 1. The quantitative estimate of drug-likeness (QED) is 0.302. The molecule has 0 aromatic heterocycles. The number of rotatable bonds is 5. The Morgan fingerprint density at radius 2 is 1.53 bits per heavy atom. The molecule has 0 heterocycles. The van der Waals surface area contributed by atoms with Crippen molar-refractivity contribution in [2.24, 2.45) is 0 Å². The molecule has 0 aliphatic heterocycles. The van der Waals surface area contributed by atoms with Crippen molar-refractivity contribution in [3.63, 3.8) is 0 Å². The van der Waals surface area contributed by atoms with E-state index in [1.807, 2.05) is 0 Å². The minimum atomic E-state index is -3.22. The van der Waals surface area contributed by atoms with E-state index < -0.39 is 36.0 Å². The first-order valence-corrected chi connectivity index (χ1v) is 3.30. The van der Waals surface area contributed by atoms with Crippen LogP contribution in [0.25, 0.3) is 0 Å². The summed E-state index contributed by atoms with van der Waals surface area (Å²) >= 11 is 0. The van der Waals surface area contributed by atoms with Crippen LogP contribution in [-0.2, 0) is 14.4 Å². The van der Waals surface area contributed by atoms with Crippen LogP contribution in [0.3, 0.4) is 0 Å². The fourth-order valence-corrected chi connectivity index (χ4v) is 0.724. The molecule has 0 radical (unpaired) electrons. The Labute approximate surface area is 126 Å². The summed E-state index contributed by atoms with van der Waals surface area (Å²) in [7, 11) is 0.